The van der Waals surface area contributed by atoms with Crippen molar-refractivity contribution >= 4 is 23.7 Å². The van der Waals surface area contributed by atoms with Crippen LogP contribution in [0.1, 0.15) is 74.4 Å². The molecule has 0 bridgehead atoms. The van der Waals surface area contributed by atoms with Crippen molar-refractivity contribution in [2.24, 2.45) is 5.92 Å². The third kappa shape index (κ3) is 5.27. The van der Waals surface area contributed by atoms with Gasteiger partial charge in [0.25, 0.3) is 5.91 Å². The van der Waals surface area contributed by atoms with Crippen LogP contribution in [0.2, 0.25) is 0 Å². The third-order valence-electron chi connectivity index (χ3n) is 6.46. The Hall–Kier alpha value is -2.74. The topological polar surface area (TPSA) is 102 Å². The predicted octanol–water partition coefficient (Wildman–Crippen LogP) is 2.52. The summed E-state index contributed by atoms with van der Waals surface area (Å²) in [5.74, 6) is -1.05. The number of rotatable bonds is 7. The second kappa shape index (κ2) is 9.25. The van der Waals surface area contributed by atoms with Crippen molar-refractivity contribution in [2.45, 2.75) is 83.6 Å². The Morgan fingerprint density at radius 2 is 1.94 bits per heavy atom. The van der Waals surface area contributed by atoms with Gasteiger partial charge in [-0.1, -0.05) is 12.1 Å². The van der Waals surface area contributed by atoms with Crippen molar-refractivity contribution in [1.29, 1.82) is 0 Å². The van der Waals surface area contributed by atoms with Gasteiger partial charge in [-0.2, -0.15) is 0 Å². The molecule has 3 amide bonds. The molecule has 1 unspecified atom stereocenters. The van der Waals surface area contributed by atoms with E-state index in [0.717, 1.165) is 24.0 Å². The highest BCUT2D eigenvalue weighted by molar-refractivity contribution is 6.05. The van der Waals surface area contributed by atoms with E-state index in [1.165, 1.54) is 0 Å². The number of aryl methyl sites for hydroxylation is 1. The van der Waals surface area contributed by atoms with Crippen LogP contribution in [0.3, 0.4) is 0 Å². The lowest BCUT2D eigenvalue weighted by atomic mass is 9.82. The Morgan fingerprint density at radius 3 is 2.64 bits per heavy atom. The molecule has 1 saturated carbocycles. The molecule has 0 radical (unpaired) electrons. The van der Waals surface area contributed by atoms with E-state index in [4.69, 9.17) is 9.47 Å². The van der Waals surface area contributed by atoms with E-state index < -0.39 is 17.6 Å². The number of fused-ring (bicyclic) bond motifs is 1. The monoisotopic (exact) mass is 456 g/mol. The van der Waals surface area contributed by atoms with Crippen LogP contribution >= 0.6 is 0 Å². The average Bonchev–Trinajstić information content (AvgIpc) is 3.02. The summed E-state index contributed by atoms with van der Waals surface area (Å²) in [4.78, 5) is 50.2. The maximum absolute atomic E-state index is 12.9. The number of carbonyl (C=O) groups excluding carboxylic acids is 4. The summed E-state index contributed by atoms with van der Waals surface area (Å²) in [6.07, 6.45) is 3.67. The zero-order valence-corrected chi connectivity index (χ0v) is 19.5. The summed E-state index contributed by atoms with van der Waals surface area (Å²) in [7, 11) is 0. The van der Waals surface area contributed by atoms with Crippen LogP contribution in [-0.2, 0) is 36.8 Å². The number of esters is 1. The molecule has 1 N–H and O–H groups in total. The first-order valence-corrected chi connectivity index (χ1v) is 11.7. The first-order chi connectivity index (χ1) is 15.6. The van der Waals surface area contributed by atoms with E-state index >= 15 is 0 Å². The van der Waals surface area contributed by atoms with Crippen molar-refractivity contribution in [3.8, 4) is 0 Å². The molecule has 33 heavy (non-hydrogen) atoms. The van der Waals surface area contributed by atoms with Crippen LogP contribution in [-0.4, -0.2) is 52.9 Å². The van der Waals surface area contributed by atoms with Gasteiger partial charge in [-0.15, -0.1) is 0 Å². The molecule has 1 aliphatic carbocycles. The summed E-state index contributed by atoms with van der Waals surface area (Å²) < 4.78 is 11.3. The van der Waals surface area contributed by atoms with Gasteiger partial charge < -0.3 is 14.4 Å². The number of nitrogens with zero attached hydrogens (tertiary/aromatic N) is 1. The molecule has 4 rings (SSSR count). The highest BCUT2D eigenvalue weighted by Crippen LogP contribution is 2.33. The number of nitrogens with one attached hydrogen (secondary N) is 1. The van der Waals surface area contributed by atoms with E-state index in [2.05, 4.69) is 5.32 Å². The summed E-state index contributed by atoms with van der Waals surface area (Å²) in [6.45, 7) is 6.58. The molecule has 1 aromatic carbocycles. The minimum atomic E-state index is -0.602. The summed E-state index contributed by atoms with van der Waals surface area (Å²) in [5, 5.41) is 2.34. The van der Waals surface area contributed by atoms with Gasteiger partial charge in [-0.25, -0.2) is 0 Å². The van der Waals surface area contributed by atoms with E-state index in [9.17, 15) is 19.2 Å². The molecule has 8 nitrogen and oxygen atoms in total. The zero-order valence-electron chi connectivity index (χ0n) is 19.5. The molecule has 1 aromatic rings. The summed E-state index contributed by atoms with van der Waals surface area (Å²) in [5.41, 5.74) is 2.21. The second-order valence-electron chi connectivity index (χ2n) is 10.1. The van der Waals surface area contributed by atoms with Crippen molar-refractivity contribution in [3.63, 3.8) is 0 Å². The highest BCUT2D eigenvalue weighted by Gasteiger charge is 2.40. The number of imide groups is 1. The zero-order chi connectivity index (χ0) is 23.8. The standard InChI is InChI=1S/C25H32N2O6/c1-25(2,3)33-24(31)16-12-17(13-16)32-11-5-7-15-6-4-8-18-19(15)14-27(23(18)30)20-9-10-21(28)26-22(20)29/h4,6,8,16-17,20H,5,7,9-14H2,1-3H3,(H,26,28,29)/t16-,17-,20?. The van der Waals surface area contributed by atoms with Gasteiger partial charge in [0.1, 0.15) is 11.6 Å². The number of amides is 3. The smallest absolute Gasteiger partial charge is 0.309 e. The lowest BCUT2D eigenvalue weighted by Crippen LogP contribution is -2.52. The van der Waals surface area contributed by atoms with Crippen LogP contribution in [0, 0.1) is 5.92 Å². The molecule has 2 heterocycles. The lowest BCUT2D eigenvalue weighted by molar-refractivity contribution is -0.169. The Labute approximate surface area is 194 Å². The minimum absolute atomic E-state index is 0.0732. The molecule has 178 valence electrons. The third-order valence-corrected chi connectivity index (χ3v) is 6.46. The first-order valence-electron chi connectivity index (χ1n) is 11.7. The molecule has 0 spiro atoms. The fraction of sp³-hybridized carbons (Fsp3) is 0.600. The van der Waals surface area contributed by atoms with Crippen LogP contribution < -0.4 is 5.32 Å². The summed E-state index contributed by atoms with van der Waals surface area (Å²) in [6, 6.07) is 5.09. The first kappa shape index (κ1) is 23.4. The Balaban J connectivity index is 1.25. The molecule has 8 heteroatoms. The van der Waals surface area contributed by atoms with Gasteiger partial charge in [-0.3, -0.25) is 24.5 Å². The number of carbonyl (C=O) groups is 4. The number of benzene rings is 1. The number of hydrogen-bond acceptors (Lipinski definition) is 6. The van der Waals surface area contributed by atoms with Crippen LogP contribution in [0.5, 0.6) is 0 Å². The van der Waals surface area contributed by atoms with E-state index in [-0.39, 0.29) is 36.2 Å². The molecular weight excluding hydrogens is 424 g/mol. The van der Waals surface area contributed by atoms with Crippen molar-refractivity contribution in [2.75, 3.05) is 6.61 Å². The molecule has 1 atom stereocenters. The van der Waals surface area contributed by atoms with Crippen molar-refractivity contribution in [1.82, 2.24) is 10.2 Å². The molecule has 0 aromatic heterocycles. The maximum Gasteiger partial charge on any atom is 0.309 e. The Kier molecular flexibility index (Phi) is 6.56. The summed E-state index contributed by atoms with van der Waals surface area (Å²) >= 11 is 0. The van der Waals surface area contributed by atoms with Crippen LogP contribution in [0.25, 0.3) is 0 Å². The fourth-order valence-corrected chi connectivity index (χ4v) is 4.68. The quantitative estimate of drug-likeness (QED) is 0.384. The lowest BCUT2D eigenvalue weighted by Gasteiger charge is -2.35. The number of ether oxygens (including phenoxy) is 2. The average molecular weight is 457 g/mol. The molecular formula is C25H32N2O6. The SMILES string of the molecule is CC(C)(C)OC(=O)[C@H]1C[C@H](OCCCc2cccc3c2CN(C2CCC(=O)NC2=O)C3=O)C1. The normalized spacial score (nSPS) is 24.9. The second-order valence-corrected chi connectivity index (χ2v) is 10.1. The Bertz CT molecular complexity index is 960. The van der Waals surface area contributed by atoms with Crippen LogP contribution in [0.15, 0.2) is 18.2 Å². The maximum atomic E-state index is 12.9. The molecule has 3 aliphatic rings. The minimum Gasteiger partial charge on any atom is -0.460 e. The van der Waals surface area contributed by atoms with Gasteiger partial charge >= 0.3 is 5.97 Å². The van der Waals surface area contributed by atoms with E-state index in [1.807, 2.05) is 32.9 Å². The molecule has 1 saturated heterocycles. The molecule has 2 aliphatic heterocycles. The van der Waals surface area contributed by atoms with Gasteiger partial charge in [0.15, 0.2) is 0 Å². The van der Waals surface area contributed by atoms with E-state index in [0.29, 0.717) is 38.0 Å². The highest BCUT2D eigenvalue weighted by atomic mass is 16.6. The van der Waals surface area contributed by atoms with E-state index in [1.54, 1.807) is 11.0 Å². The van der Waals surface area contributed by atoms with Gasteiger partial charge in [0.2, 0.25) is 11.8 Å². The van der Waals surface area contributed by atoms with Crippen molar-refractivity contribution in [3.05, 3.63) is 34.9 Å². The Morgan fingerprint density at radius 1 is 1.18 bits per heavy atom. The molecule has 2 fully saturated rings. The fourth-order valence-electron chi connectivity index (χ4n) is 4.68. The number of hydrogen-bond donors (Lipinski definition) is 1. The van der Waals surface area contributed by atoms with Crippen LogP contribution in [0.4, 0.5) is 0 Å². The predicted molar refractivity (Wildman–Crippen MR) is 119 cm³/mol. The number of piperidine rings is 1. The van der Waals surface area contributed by atoms with Crippen molar-refractivity contribution < 1.29 is 28.7 Å². The largest absolute Gasteiger partial charge is 0.460 e. The van der Waals surface area contributed by atoms with Gasteiger partial charge in [0, 0.05) is 25.1 Å². The van der Waals surface area contributed by atoms with Gasteiger partial charge in [-0.05, 0) is 70.1 Å². The van der Waals surface area contributed by atoms with Gasteiger partial charge in [0.05, 0.1) is 12.0 Å².